The molecule has 0 spiro atoms. The number of aromatic nitrogens is 1. The van der Waals surface area contributed by atoms with E-state index in [0.29, 0.717) is 0 Å². The first kappa shape index (κ1) is 13.5. The fourth-order valence-electron chi connectivity index (χ4n) is 2.29. The van der Waals surface area contributed by atoms with Gasteiger partial charge in [-0.2, -0.15) is 0 Å². The summed E-state index contributed by atoms with van der Waals surface area (Å²) in [5.74, 6) is -0.968. The molecular formula is C17H13NO2S. The summed E-state index contributed by atoms with van der Waals surface area (Å²) in [5, 5.41) is 9.89. The molecule has 3 nitrogen and oxygen atoms in total. The molecule has 1 aromatic heterocycles. The minimum Gasteiger partial charge on any atom is -0.477 e. The molecule has 0 atom stereocenters. The largest absolute Gasteiger partial charge is 0.477 e. The van der Waals surface area contributed by atoms with Crippen molar-refractivity contribution in [1.82, 2.24) is 4.98 Å². The van der Waals surface area contributed by atoms with Crippen LogP contribution < -0.4 is 0 Å². The number of aromatic carboxylic acids is 1. The van der Waals surface area contributed by atoms with Crippen LogP contribution in [0.15, 0.2) is 66.9 Å². The van der Waals surface area contributed by atoms with Gasteiger partial charge in [-0.25, -0.2) is 9.78 Å². The lowest BCUT2D eigenvalue weighted by Gasteiger charge is -2.15. The van der Waals surface area contributed by atoms with Crippen molar-refractivity contribution in [3.8, 4) is 0 Å². The van der Waals surface area contributed by atoms with Crippen molar-refractivity contribution >= 4 is 17.3 Å². The Balaban J connectivity index is 2.10. The first-order valence-corrected chi connectivity index (χ1v) is 7.36. The van der Waals surface area contributed by atoms with Crippen LogP contribution >= 0.6 is 11.3 Å². The molecule has 21 heavy (non-hydrogen) atoms. The number of carboxylic acids is 1. The van der Waals surface area contributed by atoms with Gasteiger partial charge in [0.1, 0.15) is 9.88 Å². The lowest BCUT2D eigenvalue weighted by molar-refractivity contribution is 0.0702. The van der Waals surface area contributed by atoms with Crippen molar-refractivity contribution in [2.45, 2.75) is 5.92 Å². The summed E-state index contributed by atoms with van der Waals surface area (Å²) in [6, 6.07) is 20.0. The van der Waals surface area contributed by atoms with E-state index >= 15 is 0 Å². The molecule has 4 heteroatoms. The Hall–Kier alpha value is -2.46. The third kappa shape index (κ3) is 2.85. The third-order valence-electron chi connectivity index (χ3n) is 3.25. The van der Waals surface area contributed by atoms with Crippen LogP contribution in [-0.4, -0.2) is 16.1 Å². The highest BCUT2D eigenvalue weighted by molar-refractivity contribution is 7.13. The van der Waals surface area contributed by atoms with E-state index in [2.05, 4.69) is 4.98 Å². The minimum absolute atomic E-state index is 0.0366. The lowest BCUT2D eigenvalue weighted by atomic mass is 9.92. The lowest BCUT2D eigenvalue weighted by Crippen LogP contribution is -2.02. The highest BCUT2D eigenvalue weighted by Crippen LogP contribution is 2.34. The average Bonchev–Trinajstić information content (AvgIpc) is 3.00. The van der Waals surface area contributed by atoms with Gasteiger partial charge in [0, 0.05) is 0 Å². The molecule has 1 N–H and O–H groups in total. The van der Waals surface area contributed by atoms with Crippen molar-refractivity contribution in [2.24, 2.45) is 0 Å². The van der Waals surface area contributed by atoms with Gasteiger partial charge < -0.3 is 5.11 Å². The number of nitrogens with zero attached hydrogens (tertiary/aromatic N) is 1. The Labute approximate surface area is 126 Å². The maximum Gasteiger partial charge on any atom is 0.347 e. The van der Waals surface area contributed by atoms with E-state index in [4.69, 9.17) is 5.11 Å². The second kappa shape index (κ2) is 5.89. The van der Waals surface area contributed by atoms with Gasteiger partial charge in [0.15, 0.2) is 0 Å². The summed E-state index contributed by atoms with van der Waals surface area (Å²) < 4.78 is 0. The number of hydrogen-bond donors (Lipinski definition) is 1. The standard InChI is InChI=1S/C17H13NO2S/c19-17(20)14-11-18-16(21-14)15(12-7-3-1-4-8-12)13-9-5-2-6-10-13/h1-11,15H,(H,19,20). The van der Waals surface area contributed by atoms with Gasteiger partial charge in [-0.15, -0.1) is 11.3 Å². The maximum absolute atomic E-state index is 11.1. The highest BCUT2D eigenvalue weighted by atomic mass is 32.1. The summed E-state index contributed by atoms with van der Waals surface area (Å²) in [4.78, 5) is 15.7. The average molecular weight is 295 g/mol. The van der Waals surface area contributed by atoms with E-state index in [-0.39, 0.29) is 10.8 Å². The summed E-state index contributed by atoms with van der Waals surface area (Å²) in [5.41, 5.74) is 2.21. The molecule has 3 aromatic rings. The topological polar surface area (TPSA) is 50.2 Å². The van der Waals surface area contributed by atoms with E-state index in [0.717, 1.165) is 16.1 Å². The van der Waals surface area contributed by atoms with Gasteiger partial charge in [0.05, 0.1) is 12.1 Å². The predicted molar refractivity (Wildman–Crippen MR) is 82.9 cm³/mol. The molecule has 1 heterocycles. The van der Waals surface area contributed by atoms with E-state index < -0.39 is 5.97 Å². The van der Waals surface area contributed by atoms with Crippen LogP contribution in [0, 0.1) is 0 Å². The second-order valence-electron chi connectivity index (χ2n) is 4.62. The first-order valence-electron chi connectivity index (χ1n) is 6.54. The number of rotatable bonds is 4. The van der Waals surface area contributed by atoms with Crippen molar-refractivity contribution in [3.63, 3.8) is 0 Å². The van der Waals surface area contributed by atoms with E-state index in [9.17, 15) is 4.79 Å². The normalized spacial score (nSPS) is 10.7. The molecule has 0 aliphatic carbocycles. The van der Waals surface area contributed by atoms with E-state index in [1.807, 2.05) is 60.7 Å². The van der Waals surface area contributed by atoms with Crippen LogP contribution in [-0.2, 0) is 0 Å². The Kier molecular flexibility index (Phi) is 3.79. The van der Waals surface area contributed by atoms with Crippen LogP contribution in [0.5, 0.6) is 0 Å². The molecule has 0 unspecified atom stereocenters. The van der Waals surface area contributed by atoms with Gasteiger partial charge in [0.25, 0.3) is 0 Å². The molecule has 0 amide bonds. The molecular weight excluding hydrogens is 282 g/mol. The Morgan fingerprint density at radius 3 is 1.90 bits per heavy atom. The van der Waals surface area contributed by atoms with Crippen LogP contribution in [0.25, 0.3) is 0 Å². The monoisotopic (exact) mass is 295 g/mol. The smallest absolute Gasteiger partial charge is 0.347 e. The number of thiazole rings is 1. The van der Waals surface area contributed by atoms with E-state index in [1.54, 1.807) is 0 Å². The molecule has 104 valence electrons. The zero-order chi connectivity index (χ0) is 14.7. The fourth-order valence-corrected chi connectivity index (χ4v) is 3.20. The van der Waals surface area contributed by atoms with Gasteiger partial charge >= 0.3 is 5.97 Å². The summed E-state index contributed by atoms with van der Waals surface area (Å²) in [6.45, 7) is 0. The third-order valence-corrected chi connectivity index (χ3v) is 4.30. The van der Waals surface area contributed by atoms with E-state index in [1.165, 1.54) is 17.5 Å². The summed E-state index contributed by atoms with van der Waals surface area (Å²) in [7, 11) is 0. The number of carbonyl (C=O) groups is 1. The predicted octanol–water partition coefficient (Wildman–Crippen LogP) is 4.02. The number of hydrogen-bond acceptors (Lipinski definition) is 3. The molecule has 0 bridgehead atoms. The van der Waals surface area contributed by atoms with Crippen LogP contribution in [0.2, 0.25) is 0 Å². The van der Waals surface area contributed by atoms with Crippen LogP contribution in [0.3, 0.4) is 0 Å². The zero-order valence-corrected chi connectivity index (χ0v) is 12.0. The zero-order valence-electron chi connectivity index (χ0n) is 11.1. The molecule has 0 saturated heterocycles. The summed E-state index contributed by atoms with van der Waals surface area (Å²) >= 11 is 1.23. The van der Waals surface area contributed by atoms with Crippen molar-refractivity contribution in [2.75, 3.05) is 0 Å². The highest BCUT2D eigenvalue weighted by Gasteiger charge is 2.21. The molecule has 3 rings (SSSR count). The second-order valence-corrected chi connectivity index (χ2v) is 5.68. The Bertz CT molecular complexity index is 698. The molecule has 2 aromatic carbocycles. The van der Waals surface area contributed by atoms with Crippen LogP contribution in [0.1, 0.15) is 31.7 Å². The summed E-state index contributed by atoms with van der Waals surface area (Å²) in [6.07, 6.45) is 1.43. The minimum atomic E-state index is -0.932. The Morgan fingerprint density at radius 1 is 0.952 bits per heavy atom. The first-order chi connectivity index (χ1) is 10.3. The quantitative estimate of drug-likeness (QED) is 0.791. The van der Waals surface area contributed by atoms with Crippen molar-refractivity contribution in [1.29, 1.82) is 0 Å². The number of benzene rings is 2. The van der Waals surface area contributed by atoms with Gasteiger partial charge in [0.2, 0.25) is 0 Å². The molecule has 0 radical (unpaired) electrons. The van der Waals surface area contributed by atoms with Crippen molar-refractivity contribution < 1.29 is 9.90 Å². The maximum atomic E-state index is 11.1. The van der Waals surface area contributed by atoms with Gasteiger partial charge in [-0.05, 0) is 11.1 Å². The Morgan fingerprint density at radius 2 is 1.48 bits per heavy atom. The fraction of sp³-hybridized carbons (Fsp3) is 0.0588. The van der Waals surface area contributed by atoms with Crippen molar-refractivity contribution in [3.05, 3.63) is 87.9 Å². The molecule has 0 aliphatic rings. The molecule has 0 saturated carbocycles. The van der Waals surface area contributed by atoms with Gasteiger partial charge in [-0.1, -0.05) is 60.7 Å². The van der Waals surface area contributed by atoms with Gasteiger partial charge in [-0.3, -0.25) is 0 Å². The SMILES string of the molecule is O=C(O)c1cnc(C(c2ccccc2)c2ccccc2)s1. The molecule has 0 aliphatic heterocycles. The molecule has 0 fully saturated rings. The number of carboxylic acid groups (broad SMARTS) is 1. The van der Waals surface area contributed by atoms with Crippen LogP contribution in [0.4, 0.5) is 0 Å².